The van der Waals surface area contributed by atoms with Crippen LogP contribution in [0.15, 0.2) is 54.7 Å². The number of benzene rings is 1. The van der Waals surface area contributed by atoms with Gasteiger partial charge in [-0.25, -0.2) is 0 Å². The van der Waals surface area contributed by atoms with Crippen LogP contribution >= 0.6 is 12.2 Å². The molecule has 1 N–H and O–H groups in total. The maximum atomic E-state index is 5.96. The number of nitrogens with zero attached hydrogens (tertiary/aromatic N) is 3. The summed E-state index contributed by atoms with van der Waals surface area (Å²) in [7, 11) is 0. The summed E-state index contributed by atoms with van der Waals surface area (Å²) < 4.78 is 2.39. The van der Waals surface area contributed by atoms with Gasteiger partial charge in [0.25, 0.3) is 0 Å². The lowest BCUT2D eigenvalue weighted by molar-refractivity contribution is 0.197. The zero-order valence-corrected chi connectivity index (χ0v) is 20.7. The molecule has 0 spiro atoms. The minimum absolute atomic E-state index is 0.0528. The van der Waals surface area contributed by atoms with E-state index >= 15 is 0 Å². The van der Waals surface area contributed by atoms with Gasteiger partial charge in [0, 0.05) is 29.3 Å². The summed E-state index contributed by atoms with van der Waals surface area (Å²) in [5.41, 5.74) is 7.54. The number of pyridine rings is 1. The number of thiocarbonyl (C=S) groups is 1. The molecule has 0 radical (unpaired) electrons. The third-order valence-corrected chi connectivity index (χ3v) is 7.82. The Hall–Kier alpha value is -2.66. The molecule has 0 bridgehead atoms. The van der Waals surface area contributed by atoms with E-state index in [4.69, 9.17) is 17.2 Å². The number of hydrogen-bond acceptors (Lipinski definition) is 2. The molecule has 1 aliphatic heterocycles. The fourth-order valence-corrected chi connectivity index (χ4v) is 6.21. The first-order chi connectivity index (χ1) is 16.1. The van der Waals surface area contributed by atoms with E-state index in [0.29, 0.717) is 6.04 Å². The summed E-state index contributed by atoms with van der Waals surface area (Å²) in [5.74, 6) is 0. The van der Waals surface area contributed by atoms with Crippen molar-refractivity contribution in [3.8, 4) is 5.69 Å². The quantitative estimate of drug-likeness (QED) is 0.451. The topological polar surface area (TPSA) is 33.1 Å². The molecule has 0 unspecified atom stereocenters. The van der Waals surface area contributed by atoms with Gasteiger partial charge in [-0.1, -0.05) is 44.4 Å². The van der Waals surface area contributed by atoms with Crippen molar-refractivity contribution in [2.24, 2.45) is 0 Å². The Morgan fingerprint density at radius 1 is 1.03 bits per heavy atom. The van der Waals surface area contributed by atoms with Gasteiger partial charge in [0.2, 0.25) is 0 Å². The van der Waals surface area contributed by atoms with Crippen LogP contribution in [0.1, 0.15) is 79.3 Å². The second-order valence-corrected chi connectivity index (χ2v) is 9.89. The molecule has 1 aliphatic carbocycles. The van der Waals surface area contributed by atoms with Crippen molar-refractivity contribution in [3.63, 3.8) is 0 Å². The summed E-state index contributed by atoms with van der Waals surface area (Å²) in [6, 6.07) is 18.2. The van der Waals surface area contributed by atoms with Gasteiger partial charge in [-0.3, -0.25) is 4.98 Å². The predicted octanol–water partition coefficient (Wildman–Crippen LogP) is 6.36. The average molecular weight is 459 g/mol. The van der Waals surface area contributed by atoms with Gasteiger partial charge in [0.15, 0.2) is 5.11 Å². The van der Waals surface area contributed by atoms with Crippen LogP contribution in [0.5, 0.6) is 0 Å². The molecule has 1 saturated carbocycles. The van der Waals surface area contributed by atoms with E-state index in [2.05, 4.69) is 78.0 Å². The zero-order valence-electron chi connectivity index (χ0n) is 19.9. The van der Waals surface area contributed by atoms with Crippen LogP contribution < -0.4 is 5.32 Å². The SMILES string of the molecule is CCc1ccc(-n2c(C)cc([C@@H]3[C@H](c4ccccn4)NC(=S)N3C3CCCCC3)c2C)cc1. The fraction of sp³-hybridized carbons (Fsp3) is 0.429. The Labute approximate surface area is 203 Å². The van der Waals surface area contributed by atoms with Crippen molar-refractivity contribution in [3.05, 3.63) is 82.9 Å². The summed E-state index contributed by atoms with van der Waals surface area (Å²) in [6.45, 7) is 6.67. The molecule has 4 nitrogen and oxygen atoms in total. The maximum absolute atomic E-state index is 5.96. The van der Waals surface area contributed by atoms with Gasteiger partial charge in [0.1, 0.15) is 0 Å². The van der Waals surface area contributed by atoms with Crippen LogP contribution in [0, 0.1) is 13.8 Å². The monoisotopic (exact) mass is 458 g/mol. The van der Waals surface area contributed by atoms with Crippen LogP contribution in [0.4, 0.5) is 0 Å². The number of nitrogens with one attached hydrogen (secondary N) is 1. The average Bonchev–Trinajstić information content (AvgIpc) is 3.35. The van der Waals surface area contributed by atoms with Crippen LogP contribution in [0.25, 0.3) is 5.69 Å². The molecule has 2 atom stereocenters. The van der Waals surface area contributed by atoms with Crippen LogP contribution in [-0.2, 0) is 6.42 Å². The molecule has 5 heteroatoms. The largest absolute Gasteiger partial charge is 0.352 e. The van der Waals surface area contributed by atoms with Crippen molar-refractivity contribution >= 4 is 17.3 Å². The third-order valence-electron chi connectivity index (χ3n) is 7.50. The predicted molar refractivity (Wildman–Crippen MR) is 139 cm³/mol. The standard InChI is InChI=1S/C28H34N4S/c1-4-21-13-15-23(16-14-21)31-19(2)18-24(20(31)3)27-26(25-12-8-9-17-29-25)30-28(33)32(27)22-10-6-5-7-11-22/h8-9,12-18,22,26-27H,4-7,10-11H2,1-3H3,(H,30,33)/t26-,27+/m0/s1. The Kier molecular flexibility index (Phi) is 6.24. The Balaban J connectivity index is 1.60. The van der Waals surface area contributed by atoms with E-state index in [-0.39, 0.29) is 12.1 Å². The van der Waals surface area contributed by atoms with Crippen LogP contribution in [0.3, 0.4) is 0 Å². The van der Waals surface area contributed by atoms with E-state index in [1.165, 1.54) is 60.3 Å². The minimum atomic E-state index is 0.0528. The first-order valence-electron chi connectivity index (χ1n) is 12.4. The van der Waals surface area contributed by atoms with Gasteiger partial charge in [0.05, 0.1) is 17.8 Å². The van der Waals surface area contributed by atoms with Crippen molar-refractivity contribution in [1.29, 1.82) is 0 Å². The molecule has 2 aromatic heterocycles. The molecular formula is C28H34N4S. The van der Waals surface area contributed by atoms with Crippen LogP contribution in [0.2, 0.25) is 0 Å². The molecule has 3 aromatic rings. The molecule has 172 valence electrons. The highest BCUT2D eigenvalue weighted by molar-refractivity contribution is 7.80. The van der Waals surface area contributed by atoms with Crippen molar-refractivity contribution in [2.75, 3.05) is 0 Å². The lowest BCUT2D eigenvalue weighted by Crippen LogP contribution is -2.40. The summed E-state index contributed by atoms with van der Waals surface area (Å²) >= 11 is 5.96. The molecule has 1 saturated heterocycles. The van der Waals surface area contributed by atoms with Gasteiger partial charge >= 0.3 is 0 Å². The Bertz CT molecular complexity index is 1110. The molecule has 2 aliphatic rings. The van der Waals surface area contributed by atoms with Gasteiger partial charge in [-0.2, -0.15) is 0 Å². The fourth-order valence-electron chi connectivity index (χ4n) is 5.82. The number of rotatable bonds is 5. The molecule has 33 heavy (non-hydrogen) atoms. The molecule has 3 heterocycles. The Morgan fingerprint density at radius 3 is 2.45 bits per heavy atom. The summed E-state index contributed by atoms with van der Waals surface area (Å²) in [4.78, 5) is 7.25. The van der Waals surface area contributed by atoms with Crippen molar-refractivity contribution in [1.82, 2.24) is 19.8 Å². The first-order valence-corrected chi connectivity index (χ1v) is 12.8. The number of hydrogen-bond donors (Lipinski definition) is 1. The smallest absolute Gasteiger partial charge is 0.170 e. The molecule has 0 amide bonds. The third kappa shape index (κ3) is 4.08. The number of aryl methyl sites for hydroxylation is 2. The second kappa shape index (κ2) is 9.30. The van der Waals surface area contributed by atoms with E-state index in [0.717, 1.165) is 17.2 Å². The van der Waals surface area contributed by atoms with Crippen molar-refractivity contribution in [2.45, 2.75) is 77.4 Å². The lowest BCUT2D eigenvalue weighted by atomic mass is 9.90. The van der Waals surface area contributed by atoms with Gasteiger partial charge < -0.3 is 14.8 Å². The molecule has 5 rings (SSSR count). The van der Waals surface area contributed by atoms with Crippen LogP contribution in [-0.4, -0.2) is 25.6 Å². The lowest BCUT2D eigenvalue weighted by Gasteiger charge is -2.37. The van der Waals surface area contributed by atoms with Gasteiger partial charge in [-0.05, 0) is 86.8 Å². The van der Waals surface area contributed by atoms with Crippen molar-refractivity contribution < 1.29 is 0 Å². The molecule has 2 fully saturated rings. The van der Waals surface area contributed by atoms with E-state index in [9.17, 15) is 0 Å². The summed E-state index contributed by atoms with van der Waals surface area (Å²) in [6.07, 6.45) is 9.28. The summed E-state index contributed by atoms with van der Waals surface area (Å²) in [5, 5.41) is 4.54. The normalized spacial score (nSPS) is 21.4. The van der Waals surface area contributed by atoms with E-state index in [1.54, 1.807) is 0 Å². The first kappa shape index (κ1) is 22.1. The van der Waals surface area contributed by atoms with E-state index in [1.807, 2.05) is 12.3 Å². The molecular weight excluding hydrogens is 424 g/mol. The van der Waals surface area contributed by atoms with Gasteiger partial charge in [-0.15, -0.1) is 0 Å². The molecule has 1 aromatic carbocycles. The highest BCUT2D eigenvalue weighted by Gasteiger charge is 2.44. The maximum Gasteiger partial charge on any atom is 0.170 e. The second-order valence-electron chi connectivity index (χ2n) is 9.51. The zero-order chi connectivity index (χ0) is 22.9. The Morgan fingerprint density at radius 2 is 1.79 bits per heavy atom. The highest BCUT2D eigenvalue weighted by atomic mass is 32.1. The minimum Gasteiger partial charge on any atom is -0.352 e. The highest BCUT2D eigenvalue weighted by Crippen LogP contribution is 2.44. The van der Waals surface area contributed by atoms with E-state index < -0.39 is 0 Å². The number of aromatic nitrogens is 2.